The Labute approximate surface area is 104 Å². The van der Waals surface area contributed by atoms with Crippen molar-refractivity contribution >= 4 is 11.7 Å². The van der Waals surface area contributed by atoms with E-state index < -0.39 is 12.1 Å². The molecule has 18 heavy (non-hydrogen) atoms. The summed E-state index contributed by atoms with van der Waals surface area (Å²) in [6.07, 6.45) is 2.06. The van der Waals surface area contributed by atoms with Gasteiger partial charge in [0.05, 0.1) is 29.4 Å². The van der Waals surface area contributed by atoms with E-state index in [1.165, 1.54) is 18.5 Å². The average molecular weight is 252 g/mol. The first-order valence-electron chi connectivity index (χ1n) is 5.29. The van der Waals surface area contributed by atoms with Crippen molar-refractivity contribution in [3.05, 3.63) is 36.4 Å². The number of carbonyl (C=O) groups is 1. The fourth-order valence-electron chi connectivity index (χ4n) is 1.17. The zero-order chi connectivity index (χ0) is 13.5. The van der Waals surface area contributed by atoms with Gasteiger partial charge in [0.1, 0.15) is 0 Å². The average Bonchev–Trinajstić information content (AvgIpc) is 2.36. The first-order chi connectivity index (χ1) is 8.52. The van der Waals surface area contributed by atoms with Crippen LogP contribution in [0.15, 0.2) is 30.9 Å². The Hall–Kier alpha value is -2.12. The van der Waals surface area contributed by atoms with Gasteiger partial charge in [0.2, 0.25) is 0 Å². The number of nitrogens with one attached hydrogen (secondary N) is 2. The zero-order valence-electron chi connectivity index (χ0n) is 9.76. The lowest BCUT2D eigenvalue weighted by atomic mass is 10.2. The van der Waals surface area contributed by atoms with Crippen molar-refractivity contribution < 1.29 is 15.0 Å². The first-order valence-corrected chi connectivity index (χ1v) is 5.29. The highest BCUT2D eigenvalue weighted by atomic mass is 16.4. The van der Waals surface area contributed by atoms with Crippen LogP contribution >= 0.6 is 0 Å². The Bertz CT molecular complexity index is 436. The van der Waals surface area contributed by atoms with Crippen molar-refractivity contribution in [3.8, 4) is 0 Å². The van der Waals surface area contributed by atoms with E-state index in [2.05, 4.69) is 22.2 Å². The monoisotopic (exact) mass is 252 g/mol. The molecule has 0 radical (unpaired) electrons. The van der Waals surface area contributed by atoms with Crippen molar-refractivity contribution in [2.75, 3.05) is 18.4 Å². The smallest absolute Gasteiger partial charge is 0.337 e. The van der Waals surface area contributed by atoms with Gasteiger partial charge in [-0.05, 0) is 6.07 Å². The number of hydrogen-bond acceptors (Lipinski definition) is 6. The van der Waals surface area contributed by atoms with E-state index in [9.17, 15) is 9.90 Å². The fraction of sp³-hybridized carbons (Fsp3) is 0.273. The SMILES string of the molecule is C=C(NCC(O)CN)Nc1cncc(C(=O)O)c1. The minimum absolute atomic E-state index is 0.0785. The van der Waals surface area contributed by atoms with Gasteiger partial charge in [0.15, 0.2) is 0 Å². The van der Waals surface area contributed by atoms with Crippen LogP contribution in [0.4, 0.5) is 5.69 Å². The number of aromatic nitrogens is 1. The molecule has 98 valence electrons. The molecule has 1 rings (SSSR count). The van der Waals surface area contributed by atoms with Crippen LogP contribution in [0, 0.1) is 0 Å². The number of aromatic carboxylic acids is 1. The van der Waals surface area contributed by atoms with E-state index in [4.69, 9.17) is 10.8 Å². The number of hydrogen-bond donors (Lipinski definition) is 5. The summed E-state index contributed by atoms with van der Waals surface area (Å²) in [6, 6.07) is 1.43. The summed E-state index contributed by atoms with van der Waals surface area (Å²) in [5.41, 5.74) is 5.82. The standard InChI is InChI=1S/C11H16N4O3/c1-7(14-6-10(16)3-12)15-9-2-8(11(17)18)4-13-5-9/h2,4-5,10,14-16H,1,3,6,12H2,(H,17,18). The van der Waals surface area contributed by atoms with Crippen molar-refractivity contribution in [3.63, 3.8) is 0 Å². The molecule has 1 unspecified atom stereocenters. The van der Waals surface area contributed by atoms with Crippen LogP contribution in [0.1, 0.15) is 10.4 Å². The van der Waals surface area contributed by atoms with Gasteiger partial charge in [-0.2, -0.15) is 0 Å². The highest BCUT2D eigenvalue weighted by molar-refractivity contribution is 5.88. The summed E-state index contributed by atoms with van der Waals surface area (Å²) in [4.78, 5) is 14.5. The molecular formula is C11H16N4O3. The number of pyridine rings is 1. The Morgan fingerprint density at radius 1 is 1.56 bits per heavy atom. The molecule has 7 heteroatoms. The molecule has 0 amide bonds. The van der Waals surface area contributed by atoms with Gasteiger partial charge in [0.25, 0.3) is 0 Å². The van der Waals surface area contributed by atoms with Gasteiger partial charge in [-0.1, -0.05) is 6.58 Å². The van der Waals surface area contributed by atoms with Gasteiger partial charge in [-0.15, -0.1) is 0 Å². The topological polar surface area (TPSA) is 121 Å². The minimum atomic E-state index is -1.05. The number of rotatable bonds is 7. The summed E-state index contributed by atoms with van der Waals surface area (Å²) in [5, 5.41) is 23.7. The summed E-state index contributed by atoms with van der Waals surface area (Å²) in [7, 11) is 0. The van der Waals surface area contributed by atoms with E-state index in [1.807, 2.05) is 0 Å². The maximum atomic E-state index is 10.7. The molecule has 7 nitrogen and oxygen atoms in total. The second kappa shape index (κ2) is 6.58. The van der Waals surface area contributed by atoms with Crippen LogP contribution in [-0.4, -0.2) is 40.4 Å². The van der Waals surface area contributed by atoms with Crippen molar-refractivity contribution in [1.29, 1.82) is 0 Å². The predicted molar refractivity (Wildman–Crippen MR) is 67.0 cm³/mol. The molecule has 0 fully saturated rings. The number of aliphatic hydroxyl groups is 1. The molecule has 0 saturated heterocycles. The second-order valence-electron chi connectivity index (χ2n) is 3.64. The number of nitrogens with two attached hydrogens (primary N) is 1. The molecule has 0 spiro atoms. The van der Waals surface area contributed by atoms with Crippen molar-refractivity contribution in [1.82, 2.24) is 10.3 Å². The quantitative estimate of drug-likeness (QED) is 0.446. The summed E-state index contributed by atoms with van der Waals surface area (Å²) in [6.45, 7) is 4.09. The van der Waals surface area contributed by atoms with E-state index in [0.29, 0.717) is 11.5 Å². The largest absolute Gasteiger partial charge is 0.478 e. The Kier molecular flexibility index (Phi) is 5.09. The molecule has 1 aromatic heterocycles. The summed E-state index contributed by atoms with van der Waals surface area (Å²) < 4.78 is 0. The van der Waals surface area contributed by atoms with Gasteiger partial charge in [-0.25, -0.2) is 4.79 Å². The molecule has 0 aliphatic heterocycles. The maximum Gasteiger partial charge on any atom is 0.337 e. The number of carboxylic acid groups (broad SMARTS) is 1. The molecule has 0 bridgehead atoms. The van der Waals surface area contributed by atoms with Gasteiger partial charge in [-0.3, -0.25) is 4.98 Å². The van der Waals surface area contributed by atoms with E-state index in [1.54, 1.807) is 0 Å². The molecule has 0 aliphatic carbocycles. The lowest BCUT2D eigenvalue weighted by molar-refractivity contribution is 0.0696. The molecule has 6 N–H and O–H groups in total. The molecule has 0 aliphatic rings. The van der Waals surface area contributed by atoms with Crippen LogP contribution in [-0.2, 0) is 0 Å². The Morgan fingerprint density at radius 2 is 2.28 bits per heavy atom. The number of aliphatic hydroxyl groups excluding tert-OH is 1. The number of anilines is 1. The third-order valence-corrected chi connectivity index (χ3v) is 2.10. The van der Waals surface area contributed by atoms with E-state index in [-0.39, 0.29) is 18.7 Å². The van der Waals surface area contributed by atoms with Crippen LogP contribution in [0.5, 0.6) is 0 Å². The molecule has 0 saturated carbocycles. The van der Waals surface area contributed by atoms with E-state index in [0.717, 1.165) is 0 Å². The lowest BCUT2D eigenvalue weighted by Gasteiger charge is -2.14. The second-order valence-corrected chi connectivity index (χ2v) is 3.64. The zero-order valence-corrected chi connectivity index (χ0v) is 9.76. The number of carboxylic acids is 1. The third kappa shape index (κ3) is 4.40. The van der Waals surface area contributed by atoms with Gasteiger partial charge in [0, 0.05) is 19.3 Å². The van der Waals surface area contributed by atoms with Crippen LogP contribution in [0.2, 0.25) is 0 Å². The first kappa shape index (κ1) is 13.9. The minimum Gasteiger partial charge on any atom is -0.478 e. The summed E-state index contributed by atoms with van der Waals surface area (Å²) in [5.74, 6) is -0.630. The highest BCUT2D eigenvalue weighted by Crippen LogP contribution is 2.09. The van der Waals surface area contributed by atoms with Crippen LogP contribution < -0.4 is 16.4 Å². The predicted octanol–water partition coefficient (Wildman–Crippen LogP) is -0.428. The van der Waals surface area contributed by atoms with Crippen molar-refractivity contribution in [2.45, 2.75) is 6.10 Å². The third-order valence-electron chi connectivity index (χ3n) is 2.10. The molecule has 1 atom stereocenters. The normalized spacial score (nSPS) is 11.7. The van der Waals surface area contributed by atoms with Gasteiger partial charge < -0.3 is 26.6 Å². The Balaban J connectivity index is 2.54. The molecule has 1 aromatic rings. The molecular weight excluding hydrogens is 236 g/mol. The van der Waals surface area contributed by atoms with E-state index >= 15 is 0 Å². The molecule has 0 aromatic carbocycles. The lowest BCUT2D eigenvalue weighted by Crippen LogP contribution is -2.33. The summed E-state index contributed by atoms with van der Waals surface area (Å²) >= 11 is 0. The van der Waals surface area contributed by atoms with Gasteiger partial charge >= 0.3 is 5.97 Å². The fourth-order valence-corrected chi connectivity index (χ4v) is 1.17. The van der Waals surface area contributed by atoms with Crippen molar-refractivity contribution in [2.24, 2.45) is 5.73 Å². The Morgan fingerprint density at radius 3 is 2.89 bits per heavy atom. The molecule has 1 heterocycles. The van der Waals surface area contributed by atoms with Crippen LogP contribution in [0.3, 0.4) is 0 Å². The number of nitrogens with zero attached hydrogens (tertiary/aromatic N) is 1. The highest BCUT2D eigenvalue weighted by Gasteiger charge is 2.05. The van der Waals surface area contributed by atoms with Crippen LogP contribution in [0.25, 0.3) is 0 Å². The maximum absolute atomic E-state index is 10.7.